The van der Waals surface area contributed by atoms with E-state index in [4.69, 9.17) is 4.74 Å². The molecule has 0 saturated carbocycles. The number of Topliss-reactive ketones (excluding diaryl/α,β-unsaturated/α-hetero) is 1. The molecule has 1 aliphatic carbocycles. The van der Waals surface area contributed by atoms with Crippen LogP contribution in [0.5, 0.6) is 5.75 Å². The molecule has 0 saturated heterocycles. The van der Waals surface area contributed by atoms with Crippen LogP contribution in [0.3, 0.4) is 0 Å². The molecule has 1 atom stereocenters. The molecule has 0 radical (unpaired) electrons. The molecule has 90 valence electrons. The second-order valence-corrected chi connectivity index (χ2v) is 4.31. The first-order valence-electron chi connectivity index (χ1n) is 5.62. The number of allylic oxidation sites excluding steroid dienone is 1. The van der Waals surface area contributed by atoms with E-state index in [1.165, 1.54) is 13.2 Å². The number of hydrogen-bond acceptors (Lipinski definition) is 2. The largest absolute Gasteiger partial charge is 0.497 e. The standard InChI is InChI=1S/C14H15FO2/c1-3-7-14(15)8-6-10-4-5-11(17-2)9-12(10)13(14)16/h3-5,9H,1,6-8H2,2H3/t14-/m0/s1. The topological polar surface area (TPSA) is 26.3 Å². The highest BCUT2D eigenvalue weighted by Crippen LogP contribution is 2.35. The van der Waals surface area contributed by atoms with Gasteiger partial charge in [0.1, 0.15) is 5.75 Å². The molecule has 0 N–H and O–H groups in total. The van der Waals surface area contributed by atoms with Crippen LogP contribution in [0.1, 0.15) is 28.8 Å². The molecule has 17 heavy (non-hydrogen) atoms. The molecule has 1 aromatic carbocycles. The van der Waals surface area contributed by atoms with E-state index in [1.807, 2.05) is 6.07 Å². The van der Waals surface area contributed by atoms with E-state index < -0.39 is 11.5 Å². The Morgan fingerprint density at radius 1 is 1.59 bits per heavy atom. The van der Waals surface area contributed by atoms with Crippen LogP contribution in [0.2, 0.25) is 0 Å². The Kier molecular flexibility index (Phi) is 3.01. The Labute approximate surface area is 100 Å². The minimum Gasteiger partial charge on any atom is -0.497 e. The fourth-order valence-electron chi connectivity index (χ4n) is 2.22. The van der Waals surface area contributed by atoms with Crippen LogP contribution in [0.15, 0.2) is 30.9 Å². The highest BCUT2D eigenvalue weighted by Gasteiger charge is 2.41. The molecule has 3 heteroatoms. The van der Waals surface area contributed by atoms with Crippen molar-refractivity contribution in [3.05, 3.63) is 42.0 Å². The summed E-state index contributed by atoms with van der Waals surface area (Å²) in [5.41, 5.74) is -0.450. The monoisotopic (exact) mass is 234 g/mol. The zero-order valence-corrected chi connectivity index (χ0v) is 9.83. The normalized spacial score (nSPS) is 23.1. The average molecular weight is 234 g/mol. The number of carbonyl (C=O) groups excluding carboxylic acids is 1. The lowest BCUT2D eigenvalue weighted by molar-refractivity contribution is 0.0644. The van der Waals surface area contributed by atoms with Crippen LogP contribution < -0.4 is 4.74 Å². The van der Waals surface area contributed by atoms with Gasteiger partial charge in [0, 0.05) is 12.0 Å². The van der Waals surface area contributed by atoms with Crippen LogP contribution in [0, 0.1) is 0 Å². The third-order valence-electron chi connectivity index (χ3n) is 3.23. The van der Waals surface area contributed by atoms with Crippen LogP contribution >= 0.6 is 0 Å². The number of ketones is 1. The van der Waals surface area contributed by atoms with E-state index in [9.17, 15) is 9.18 Å². The molecule has 1 aromatic rings. The molecular formula is C14H15FO2. The molecule has 0 aliphatic heterocycles. The van der Waals surface area contributed by atoms with E-state index in [1.54, 1.807) is 12.1 Å². The lowest BCUT2D eigenvalue weighted by Crippen LogP contribution is -2.38. The maximum atomic E-state index is 14.4. The van der Waals surface area contributed by atoms with Gasteiger partial charge in [0.2, 0.25) is 5.78 Å². The molecule has 0 amide bonds. The van der Waals surface area contributed by atoms with E-state index in [0.29, 0.717) is 17.7 Å². The molecular weight excluding hydrogens is 219 g/mol. The quantitative estimate of drug-likeness (QED) is 0.751. The number of carbonyl (C=O) groups is 1. The number of benzene rings is 1. The van der Waals surface area contributed by atoms with Gasteiger partial charge in [-0.25, -0.2) is 4.39 Å². The highest BCUT2D eigenvalue weighted by atomic mass is 19.1. The van der Waals surface area contributed by atoms with E-state index >= 15 is 0 Å². The van der Waals surface area contributed by atoms with Gasteiger partial charge in [0.05, 0.1) is 7.11 Å². The van der Waals surface area contributed by atoms with Gasteiger partial charge >= 0.3 is 0 Å². The first-order valence-corrected chi connectivity index (χ1v) is 5.62. The van der Waals surface area contributed by atoms with Gasteiger partial charge in [0.25, 0.3) is 0 Å². The van der Waals surface area contributed by atoms with Crippen molar-refractivity contribution in [2.24, 2.45) is 0 Å². The van der Waals surface area contributed by atoms with Crippen molar-refractivity contribution >= 4 is 5.78 Å². The predicted octanol–water partition coefficient (Wildman–Crippen LogP) is 3.11. The van der Waals surface area contributed by atoms with Crippen LogP contribution in [-0.4, -0.2) is 18.6 Å². The lowest BCUT2D eigenvalue weighted by Gasteiger charge is -2.28. The second kappa shape index (κ2) is 4.32. The van der Waals surface area contributed by atoms with Crippen molar-refractivity contribution in [3.8, 4) is 5.75 Å². The van der Waals surface area contributed by atoms with Crippen LogP contribution in [0.4, 0.5) is 4.39 Å². The van der Waals surface area contributed by atoms with Crippen molar-refractivity contribution in [2.75, 3.05) is 7.11 Å². The minimum absolute atomic E-state index is 0.0719. The fourth-order valence-corrected chi connectivity index (χ4v) is 2.22. The molecule has 0 bridgehead atoms. The molecule has 0 unspecified atom stereocenters. The SMILES string of the molecule is C=CC[C@]1(F)CCc2ccc(OC)cc2C1=O. The summed E-state index contributed by atoms with van der Waals surface area (Å²) in [6.45, 7) is 3.51. The smallest absolute Gasteiger partial charge is 0.200 e. The van der Waals surface area contributed by atoms with E-state index in [2.05, 4.69) is 6.58 Å². The van der Waals surface area contributed by atoms with Crippen molar-refractivity contribution < 1.29 is 13.9 Å². The molecule has 0 aromatic heterocycles. The van der Waals surface area contributed by atoms with Crippen molar-refractivity contribution in [3.63, 3.8) is 0 Å². The Morgan fingerprint density at radius 2 is 2.35 bits per heavy atom. The van der Waals surface area contributed by atoms with Gasteiger partial charge in [0.15, 0.2) is 5.67 Å². The van der Waals surface area contributed by atoms with Gasteiger partial charge in [-0.3, -0.25) is 4.79 Å². The first kappa shape index (κ1) is 11.8. The van der Waals surface area contributed by atoms with Crippen LogP contribution in [-0.2, 0) is 6.42 Å². The number of alkyl halides is 1. The van der Waals surface area contributed by atoms with Gasteiger partial charge < -0.3 is 4.74 Å². The number of halogens is 1. The summed E-state index contributed by atoms with van der Waals surface area (Å²) in [5, 5.41) is 0. The van der Waals surface area contributed by atoms with Gasteiger partial charge in [-0.15, -0.1) is 6.58 Å². The van der Waals surface area contributed by atoms with Crippen molar-refractivity contribution in [1.29, 1.82) is 0 Å². The van der Waals surface area contributed by atoms with Crippen molar-refractivity contribution in [2.45, 2.75) is 24.9 Å². The first-order chi connectivity index (χ1) is 8.10. The van der Waals surface area contributed by atoms with Gasteiger partial charge in [-0.2, -0.15) is 0 Å². The maximum absolute atomic E-state index is 14.4. The van der Waals surface area contributed by atoms with Crippen molar-refractivity contribution in [1.82, 2.24) is 0 Å². The fraction of sp³-hybridized carbons (Fsp3) is 0.357. The third kappa shape index (κ3) is 1.97. The number of hydrogen-bond donors (Lipinski definition) is 0. The zero-order chi connectivity index (χ0) is 12.5. The molecule has 2 rings (SSSR count). The maximum Gasteiger partial charge on any atom is 0.200 e. The number of aryl methyl sites for hydroxylation is 1. The second-order valence-electron chi connectivity index (χ2n) is 4.31. The summed E-state index contributed by atoms with van der Waals surface area (Å²) in [6.07, 6.45) is 2.35. The molecule has 0 fully saturated rings. The summed E-state index contributed by atoms with van der Waals surface area (Å²) in [6, 6.07) is 5.25. The number of methoxy groups -OCH3 is 1. The molecule has 0 heterocycles. The Balaban J connectivity index is 2.43. The van der Waals surface area contributed by atoms with Gasteiger partial charge in [-0.1, -0.05) is 12.1 Å². The predicted molar refractivity (Wildman–Crippen MR) is 64.3 cm³/mol. The summed E-state index contributed by atoms with van der Waals surface area (Å²) in [4.78, 5) is 12.1. The van der Waals surface area contributed by atoms with Gasteiger partial charge in [-0.05, 0) is 30.5 Å². The number of fused-ring (bicyclic) bond motifs is 1. The third-order valence-corrected chi connectivity index (χ3v) is 3.23. The zero-order valence-electron chi connectivity index (χ0n) is 9.83. The van der Waals surface area contributed by atoms with Crippen LogP contribution in [0.25, 0.3) is 0 Å². The summed E-state index contributed by atoms with van der Waals surface area (Å²) >= 11 is 0. The highest BCUT2D eigenvalue weighted by molar-refractivity contribution is 6.05. The van der Waals surface area contributed by atoms with E-state index in [-0.39, 0.29) is 12.8 Å². The summed E-state index contributed by atoms with van der Waals surface area (Å²) in [7, 11) is 1.53. The lowest BCUT2D eigenvalue weighted by atomic mass is 9.79. The molecule has 0 spiro atoms. The summed E-state index contributed by atoms with van der Waals surface area (Å²) < 4.78 is 19.5. The minimum atomic E-state index is -1.79. The average Bonchev–Trinajstić information content (AvgIpc) is 2.34. The molecule has 2 nitrogen and oxygen atoms in total. The Bertz CT molecular complexity index is 467. The summed E-state index contributed by atoms with van der Waals surface area (Å²) in [5.74, 6) is 0.137. The number of ether oxygens (including phenoxy) is 1. The molecule has 1 aliphatic rings. The Morgan fingerprint density at radius 3 is 3.00 bits per heavy atom. The number of rotatable bonds is 3. The Hall–Kier alpha value is -1.64. The van der Waals surface area contributed by atoms with E-state index in [0.717, 1.165) is 5.56 Å².